The number of nitrogens with two attached hydrogens (primary N) is 1. The quantitative estimate of drug-likeness (QED) is 0.692. The van der Waals surface area contributed by atoms with Gasteiger partial charge < -0.3 is 15.5 Å². The molecule has 1 saturated heterocycles. The molecule has 6 heteroatoms. The molecule has 1 heterocycles. The van der Waals surface area contributed by atoms with Gasteiger partial charge in [-0.3, -0.25) is 0 Å². The Bertz CT molecular complexity index is 330. The van der Waals surface area contributed by atoms with E-state index in [1.807, 2.05) is 21.1 Å². The first kappa shape index (κ1) is 14.9. The van der Waals surface area contributed by atoms with Crippen LogP contribution in [0.5, 0.6) is 0 Å². The van der Waals surface area contributed by atoms with E-state index in [4.69, 9.17) is 5.73 Å². The SMILES string of the molecule is CN(C)C(CCN)CN(C)C1CCS(=O)(=O)C1. The molecule has 2 N–H and O–H groups in total. The second-order valence-electron chi connectivity index (χ2n) is 5.19. The molecule has 0 saturated carbocycles. The maximum Gasteiger partial charge on any atom is 0.151 e. The van der Waals surface area contributed by atoms with Crippen LogP contribution < -0.4 is 5.73 Å². The van der Waals surface area contributed by atoms with Gasteiger partial charge in [0.1, 0.15) is 0 Å². The van der Waals surface area contributed by atoms with Crippen molar-refractivity contribution in [1.82, 2.24) is 9.80 Å². The van der Waals surface area contributed by atoms with Crippen molar-refractivity contribution in [3.05, 3.63) is 0 Å². The standard InChI is InChI=1S/C11H25N3O2S/c1-13(2)10(4-6-12)8-14(3)11-5-7-17(15,16)9-11/h10-11H,4-9,12H2,1-3H3. The predicted molar refractivity (Wildman–Crippen MR) is 70.8 cm³/mol. The topological polar surface area (TPSA) is 66.6 Å². The van der Waals surface area contributed by atoms with Gasteiger partial charge in [0.05, 0.1) is 11.5 Å². The Morgan fingerprint density at radius 2 is 2.00 bits per heavy atom. The number of hydrogen-bond donors (Lipinski definition) is 1. The highest BCUT2D eigenvalue weighted by Gasteiger charge is 2.31. The van der Waals surface area contributed by atoms with Crippen LogP contribution >= 0.6 is 0 Å². The van der Waals surface area contributed by atoms with E-state index in [0.29, 0.717) is 24.1 Å². The van der Waals surface area contributed by atoms with Gasteiger partial charge in [-0.25, -0.2) is 8.42 Å². The summed E-state index contributed by atoms with van der Waals surface area (Å²) < 4.78 is 22.9. The van der Waals surface area contributed by atoms with Crippen molar-refractivity contribution in [2.45, 2.75) is 24.9 Å². The number of nitrogens with zero attached hydrogens (tertiary/aromatic N) is 2. The van der Waals surface area contributed by atoms with Crippen LogP contribution in [0, 0.1) is 0 Å². The fourth-order valence-electron chi connectivity index (χ4n) is 2.31. The van der Waals surface area contributed by atoms with Crippen molar-refractivity contribution in [2.24, 2.45) is 5.73 Å². The van der Waals surface area contributed by atoms with Crippen molar-refractivity contribution in [3.8, 4) is 0 Å². The van der Waals surface area contributed by atoms with Crippen LogP contribution in [0.4, 0.5) is 0 Å². The maximum atomic E-state index is 11.4. The van der Waals surface area contributed by atoms with Crippen molar-refractivity contribution < 1.29 is 8.42 Å². The largest absolute Gasteiger partial charge is 0.330 e. The Morgan fingerprint density at radius 1 is 1.35 bits per heavy atom. The summed E-state index contributed by atoms with van der Waals surface area (Å²) in [5.74, 6) is 0.651. The van der Waals surface area contributed by atoms with Crippen LogP contribution in [-0.2, 0) is 9.84 Å². The van der Waals surface area contributed by atoms with E-state index in [-0.39, 0.29) is 6.04 Å². The molecule has 5 nitrogen and oxygen atoms in total. The van der Waals surface area contributed by atoms with Gasteiger partial charge in [0.2, 0.25) is 0 Å². The highest BCUT2D eigenvalue weighted by molar-refractivity contribution is 7.91. The first-order chi connectivity index (χ1) is 7.85. The average molecular weight is 263 g/mol. The number of hydrogen-bond acceptors (Lipinski definition) is 5. The molecule has 0 aromatic rings. The van der Waals surface area contributed by atoms with Crippen LogP contribution in [0.15, 0.2) is 0 Å². The fourth-order valence-corrected chi connectivity index (χ4v) is 4.11. The first-order valence-corrected chi connectivity index (χ1v) is 7.95. The van der Waals surface area contributed by atoms with Crippen molar-refractivity contribution in [3.63, 3.8) is 0 Å². The summed E-state index contributed by atoms with van der Waals surface area (Å²) in [4.78, 5) is 4.33. The first-order valence-electron chi connectivity index (χ1n) is 6.13. The van der Waals surface area contributed by atoms with E-state index in [1.54, 1.807) is 0 Å². The Kier molecular flexibility index (Phi) is 5.37. The number of likely N-dealkylation sites (N-methyl/N-ethyl adjacent to an activating group) is 2. The normalized spacial score (nSPS) is 25.6. The molecule has 0 spiro atoms. The van der Waals surface area contributed by atoms with E-state index in [9.17, 15) is 8.42 Å². The molecule has 1 fully saturated rings. The molecule has 0 bridgehead atoms. The summed E-state index contributed by atoms with van der Waals surface area (Å²) >= 11 is 0. The lowest BCUT2D eigenvalue weighted by Gasteiger charge is -2.31. The van der Waals surface area contributed by atoms with Gasteiger partial charge in [-0.15, -0.1) is 0 Å². The average Bonchev–Trinajstić information content (AvgIpc) is 2.58. The Morgan fingerprint density at radius 3 is 2.41 bits per heavy atom. The summed E-state index contributed by atoms with van der Waals surface area (Å²) in [6, 6.07) is 0.577. The minimum atomic E-state index is -2.79. The van der Waals surface area contributed by atoms with Gasteiger partial charge in [-0.2, -0.15) is 0 Å². The van der Waals surface area contributed by atoms with Gasteiger partial charge in [0, 0.05) is 18.6 Å². The molecular weight excluding hydrogens is 238 g/mol. The molecule has 1 rings (SSSR count). The summed E-state index contributed by atoms with van der Waals surface area (Å²) in [6.45, 7) is 1.55. The Hall–Kier alpha value is -0.170. The van der Waals surface area contributed by atoms with Gasteiger partial charge in [0.15, 0.2) is 9.84 Å². The van der Waals surface area contributed by atoms with Crippen LogP contribution in [-0.4, -0.2) is 76.0 Å². The second kappa shape index (κ2) is 6.13. The zero-order valence-electron chi connectivity index (χ0n) is 11.1. The lowest BCUT2D eigenvalue weighted by Crippen LogP contribution is -2.44. The van der Waals surface area contributed by atoms with E-state index in [0.717, 1.165) is 19.4 Å². The van der Waals surface area contributed by atoms with Gasteiger partial charge >= 0.3 is 0 Å². The van der Waals surface area contributed by atoms with Crippen LogP contribution in [0.3, 0.4) is 0 Å². The Labute approximate surface area is 105 Å². The zero-order chi connectivity index (χ0) is 13.1. The summed E-state index contributed by atoms with van der Waals surface area (Å²) in [7, 11) is 3.31. The smallest absolute Gasteiger partial charge is 0.151 e. The van der Waals surface area contributed by atoms with E-state index in [2.05, 4.69) is 9.80 Å². The highest BCUT2D eigenvalue weighted by Crippen LogP contribution is 2.17. The lowest BCUT2D eigenvalue weighted by molar-refractivity contribution is 0.171. The molecule has 0 aromatic carbocycles. The maximum absolute atomic E-state index is 11.4. The molecular formula is C11H25N3O2S. The molecule has 0 aliphatic carbocycles. The molecule has 17 heavy (non-hydrogen) atoms. The van der Waals surface area contributed by atoms with E-state index < -0.39 is 9.84 Å². The van der Waals surface area contributed by atoms with Crippen LogP contribution in [0.1, 0.15) is 12.8 Å². The molecule has 2 atom stereocenters. The van der Waals surface area contributed by atoms with Gasteiger partial charge in [-0.05, 0) is 40.5 Å². The fraction of sp³-hybridized carbons (Fsp3) is 1.00. The molecule has 1 aliphatic heterocycles. The summed E-state index contributed by atoms with van der Waals surface area (Å²) in [5.41, 5.74) is 5.60. The minimum absolute atomic E-state index is 0.181. The minimum Gasteiger partial charge on any atom is -0.330 e. The molecule has 2 unspecified atom stereocenters. The zero-order valence-corrected chi connectivity index (χ0v) is 11.9. The molecule has 0 amide bonds. The van der Waals surface area contributed by atoms with Crippen molar-refractivity contribution >= 4 is 9.84 Å². The number of rotatable bonds is 6. The third-order valence-corrected chi connectivity index (χ3v) is 5.31. The molecule has 0 radical (unpaired) electrons. The predicted octanol–water partition coefficient (Wildman–Crippen LogP) is -0.616. The van der Waals surface area contributed by atoms with Crippen LogP contribution in [0.25, 0.3) is 0 Å². The second-order valence-corrected chi connectivity index (χ2v) is 7.42. The lowest BCUT2D eigenvalue weighted by atomic mass is 10.1. The van der Waals surface area contributed by atoms with Crippen molar-refractivity contribution in [2.75, 3.05) is 45.7 Å². The third-order valence-electron chi connectivity index (χ3n) is 3.56. The van der Waals surface area contributed by atoms with E-state index >= 15 is 0 Å². The van der Waals surface area contributed by atoms with Gasteiger partial charge in [0.25, 0.3) is 0 Å². The van der Waals surface area contributed by atoms with Crippen LogP contribution in [0.2, 0.25) is 0 Å². The molecule has 102 valence electrons. The molecule has 0 aromatic heterocycles. The number of sulfone groups is 1. The van der Waals surface area contributed by atoms with Crippen molar-refractivity contribution in [1.29, 1.82) is 0 Å². The van der Waals surface area contributed by atoms with Gasteiger partial charge in [-0.1, -0.05) is 0 Å². The van der Waals surface area contributed by atoms with E-state index in [1.165, 1.54) is 0 Å². The Balaban J connectivity index is 2.50. The molecule has 1 aliphatic rings. The monoisotopic (exact) mass is 263 g/mol. The highest BCUT2D eigenvalue weighted by atomic mass is 32.2. The third kappa shape index (κ3) is 4.54. The summed E-state index contributed by atoms with van der Waals surface area (Å²) in [6.07, 6.45) is 1.71. The summed E-state index contributed by atoms with van der Waals surface area (Å²) in [5, 5.41) is 0.